The van der Waals surface area contributed by atoms with Crippen LogP contribution in [0.2, 0.25) is 0 Å². The highest BCUT2D eigenvalue weighted by molar-refractivity contribution is 5.81. The van der Waals surface area contributed by atoms with E-state index >= 15 is 0 Å². The fourth-order valence-electron chi connectivity index (χ4n) is 1.44. The van der Waals surface area contributed by atoms with Crippen LogP contribution in [0.25, 0.3) is 0 Å². The zero-order valence-electron chi connectivity index (χ0n) is 9.02. The average molecular weight is 226 g/mol. The molecule has 1 aliphatic rings. The Morgan fingerprint density at radius 3 is 3.19 bits per heavy atom. The van der Waals surface area contributed by atoms with E-state index in [1.165, 1.54) is 0 Å². The highest BCUT2D eigenvalue weighted by Gasteiger charge is 2.21. The van der Waals surface area contributed by atoms with Crippen molar-refractivity contribution in [2.75, 3.05) is 19.8 Å². The second kappa shape index (κ2) is 5.04. The highest BCUT2D eigenvalue weighted by Crippen LogP contribution is 1.96. The van der Waals surface area contributed by atoms with Crippen LogP contribution >= 0.6 is 0 Å². The second-order valence-electron chi connectivity index (χ2n) is 3.53. The van der Waals surface area contributed by atoms with Gasteiger partial charge in [0.2, 0.25) is 11.8 Å². The van der Waals surface area contributed by atoms with Gasteiger partial charge in [-0.25, -0.2) is 0 Å². The van der Waals surface area contributed by atoms with E-state index < -0.39 is 0 Å². The average Bonchev–Trinajstić information content (AvgIpc) is 2.73. The van der Waals surface area contributed by atoms with E-state index in [1.54, 1.807) is 6.92 Å². The van der Waals surface area contributed by atoms with E-state index in [0.29, 0.717) is 31.5 Å². The van der Waals surface area contributed by atoms with Crippen LogP contribution in [-0.2, 0) is 16.1 Å². The zero-order chi connectivity index (χ0) is 11.4. The lowest BCUT2D eigenvalue weighted by molar-refractivity contribution is -0.126. The molecule has 2 heterocycles. The van der Waals surface area contributed by atoms with Gasteiger partial charge in [-0.1, -0.05) is 5.16 Å². The number of carbonyl (C=O) groups is 1. The number of hydrogen-bond acceptors (Lipinski definition) is 6. The Balaban J connectivity index is 1.78. The molecule has 1 aromatic heterocycles. The molecule has 88 valence electrons. The molecule has 0 aliphatic carbocycles. The van der Waals surface area contributed by atoms with Crippen molar-refractivity contribution in [3.8, 4) is 0 Å². The molecule has 1 aliphatic heterocycles. The van der Waals surface area contributed by atoms with Crippen molar-refractivity contribution in [2.24, 2.45) is 0 Å². The predicted molar refractivity (Wildman–Crippen MR) is 53.5 cm³/mol. The van der Waals surface area contributed by atoms with Gasteiger partial charge in [0.1, 0.15) is 6.04 Å². The van der Waals surface area contributed by atoms with Gasteiger partial charge in [-0.2, -0.15) is 4.98 Å². The molecule has 0 aromatic carbocycles. The Morgan fingerprint density at radius 2 is 2.56 bits per heavy atom. The van der Waals surface area contributed by atoms with E-state index in [1.807, 2.05) is 0 Å². The molecular weight excluding hydrogens is 212 g/mol. The van der Waals surface area contributed by atoms with Gasteiger partial charge in [0.25, 0.3) is 0 Å². The number of nitrogens with zero attached hydrogens (tertiary/aromatic N) is 2. The summed E-state index contributed by atoms with van der Waals surface area (Å²) in [6.45, 7) is 3.72. The Morgan fingerprint density at radius 1 is 1.69 bits per heavy atom. The summed E-state index contributed by atoms with van der Waals surface area (Å²) in [7, 11) is 0. The number of hydrogen-bond donors (Lipinski definition) is 2. The molecule has 2 N–H and O–H groups in total. The molecule has 7 heteroatoms. The van der Waals surface area contributed by atoms with Gasteiger partial charge >= 0.3 is 0 Å². The van der Waals surface area contributed by atoms with Gasteiger partial charge in [0, 0.05) is 13.5 Å². The first-order valence-electron chi connectivity index (χ1n) is 5.14. The summed E-state index contributed by atoms with van der Waals surface area (Å²) in [5.74, 6) is 0.855. The van der Waals surface area contributed by atoms with Crippen LogP contribution in [0.15, 0.2) is 4.52 Å². The molecule has 0 saturated carbocycles. The largest absolute Gasteiger partial charge is 0.378 e. The van der Waals surface area contributed by atoms with Crippen LogP contribution < -0.4 is 10.6 Å². The monoisotopic (exact) mass is 226 g/mol. The standard InChI is InChI=1S/C9H14N4O3/c1-6-12-8(13-16-6)4-11-9(14)7-5-15-3-2-10-7/h7,10H,2-5H2,1H3,(H,11,14). The van der Waals surface area contributed by atoms with Crippen molar-refractivity contribution >= 4 is 5.91 Å². The summed E-state index contributed by atoms with van der Waals surface area (Å²) >= 11 is 0. The van der Waals surface area contributed by atoms with Crippen molar-refractivity contribution in [3.63, 3.8) is 0 Å². The van der Waals surface area contributed by atoms with Gasteiger partial charge < -0.3 is 19.9 Å². The topological polar surface area (TPSA) is 89.3 Å². The Hall–Kier alpha value is -1.47. The maximum atomic E-state index is 11.6. The minimum Gasteiger partial charge on any atom is -0.378 e. The summed E-state index contributed by atoms with van der Waals surface area (Å²) in [6, 6.07) is -0.290. The van der Waals surface area contributed by atoms with Gasteiger partial charge in [0.15, 0.2) is 5.82 Å². The quantitative estimate of drug-likeness (QED) is 0.686. The maximum Gasteiger partial charge on any atom is 0.239 e. The summed E-state index contributed by atoms with van der Waals surface area (Å²) in [5, 5.41) is 9.45. The third kappa shape index (κ3) is 2.77. The van der Waals surface area contributed by atoms with E-state index in [2.05, 4.69) is 20.8 Å². The number of rotatable bonds is 3. The SMILES string of the molecule is Cc1nc(CNC(=O)C2COCCN2)no1. The summed E-state index contributed by atoms with van der Waals surface area (Å²) in [6.07, 6.45) is 0. The van der Waals surface area contributed by atoms with Crippen molar-refractivity contribution in [3.05, 3.63) is 11.7 Å². The third-order valence-electron chi connectivity index (χ3n) is 2.23. The maximum absolute atomic E-state index is 11.6. The Bertz CT molecular complexity index is 359. The van der Waals surface area contributed by atoms with Crippen LogP contribution in [0.5, 0.6) is 0 Å². The molecule has 7 nitrogen and oxygen atoms in total. The molecule has 1 unspecified atom stereocenters. The molecule has 1 atom stereocenters. The third-order valence-corrected chi connectivity index (χ3v) is 2.23. The van der Waals surface area contributed by atoms with Crippen LogP contribution in [0.4, 0.5) is 0 Å². The molecule has 1 saturated heterocycles. The molecular formula is C9H14N4O3. The van der Waals surface area contributed by atoms with Gasteiger partial charge in [-0.15, -0.1) is 0 Å². The first kappa shape index (κ1) is 11.0. The van der Waals surface area contributed by atoms with Crippen LogP contribution in [0.1, 0.15) is 11.7 Å². The lowest BCUT2D eigenvalue weighted by Crippen LogP contribution is -2.51. The van der Waals surface area contributed by atoms with Crippen molar-refractivity contribution in [1.29, 1.82) is 0 Å². The van der Waals surface area contributed by atoms with Crippen molar-refractivity contribution in [1.82, 2.24) is 20.8 Å². The van der Waals surface area contributed by atoms with Crippen LogP contribution in [-0.4, -0.2) is 41.8 Å². The van der Waals surface area contributed by atoms with Crippen molar-refractivity contribution < 1.29 is 14.1 Å². The molecule has 0 radical (unpaired) electrons. The van der Waals surface area contributed by atoms with Gasteiger partial charge in [-0.05, 0) is 0 Å². The fraction of sp³-hybridized carbons (Fsp3) is 0.667. The number of carbonyl (C=O) groups excluding carboxylic acids is 1. The number of ether oxygens (including phenoxy) is 1. The van der Waals surface area contributed by atoms with Crippen LogP contribution in [0.3, 0.4) is 0 Å². The molecule has 0 spiro atoms. The van der Waals surface area contributed by atoms with E-state index in [0.717, 1.165) is 0 Å². The van der Waals surface area contributed by atoms with Crippen molar-refractivity contribution in [2.45, 2.75) is 19.5 Å². The van der Waals surface area contributed by atoms with Gasteiger partial charge in [0.05, 0.1) is 19.8 Å². The molecule has 2 rings (SSSR count). The van der Waals surface area contributed by atoms with E-state index in [9.17, 15) is 4.79 Å². The number of aromatic nitrogens is 2. The van der Waals surface area contributed by atoms with E-state index in [4.69, 9.17) is 9.26 Å². The Kier molecular flexibility index (Phi) is 3.47. The summed E-state index contributed by atoms with van der Waals surface area (Å²) < 4.78 is 9.98. The number of aryl methyl sites for hydroxylation is 1. The molecule has 1 aromatic rings. The fourth-order valence-corrected chi connectivity index (χ4v) is 1.44. The number of amides is 1. The minimum absolute atomic E-state index is 0.109. The zero-order valence-corrected chi connectivity index (χ0v) is 9.02. The number of morpholine rings is 1. The van der Waals surface area contributed by atoms with E-state index in [-0.39, 0.29) is 18.5 Å². The highest BCUT2D eigenvalue weighted by atomic mass is 16.5. The lowest BCUT2D eigenvalue weighted by Gasteiger charge is -2.22. The first-order chi connectivity index (χ1) is 7.75. The first-order valence-corrected chi connectivity index (χ1v) is 5.14. The molecule has 1 fully saturated rings. The molecule has 16 heavy (non-hydrogen) atoms. The molecule has 0 bridgehead atoms. The number of nitrogens with one attached hydrogen (secondary N) is 2. The summed E-state index contributed by atoms with van der Waals surface area (Å²) in [4.78, 5) is 15.6. The normalized spacial score (nSPS) is 20.7. The smallest absolute Gasteiger partial charge is 0.239 e. The predicted octanol–water partition coefficient (Wildman–Crippen LogP) is -1.02. The lowest BCUT2D eigenvalue weighted by atomic mass is 10.2. The van der Waals surface area contributed by atoms with Crippen LogP contribution in [0, 0.1) is 6.92 Å². The summed E-state index contributed by atoms with van der Waals surface area (Å²) in [5.41, 5.74) is 0. The molecule has 1 amide bonds. The Labute approximate surface area is 92.5 Å². The second-order valence-corrected chi connectivity index (χ2v) is 3.53. The van der Waals surface area contributed by atoms with Gasteiger partial charge in [-0.3, -0.25) is 4.79 Å². The minimum atomic E-state index is -0.290.